The highest BCUT2D eigenvalue weighted by molar-refractivity contribution is 5.95. The smallest absolute Gasteiger partial charge is 0.313 e. The molecule has 2 bridgehead atoms. The van der Waals surface area contributed by atoms with Gasteiger partial charge in [0, 0.05) is 17.6 Å². The molecule has 0 aliphatic carbocycles. The molecular formula is C16H19NO4. The highest BCUT2D eigenvalue weighted by Gasteiger charge is 2.52. The molecule has 3 rings (SSSR count). The van der Waals surface area contributed by atoms with Crippen LogP contribution in [0.5, 0.6) is 0 Å². The molecule has 1 aromatic carbocycles. The van der Waals surface area contributed by atoms with Gasteiger partial charge in [0.05, 0.1) is 13.2 Å². The van der Waals surface area contributed by atoms with Crippen LogP contribution in [0.3, 0.4) is 0 Å². The number of amides is 1. The summed E-state index contributed by atoms with van der Waals surface area (Å²) < 4.78 is 4.81. The van der Waals surface area contributed by atoms with E-state index in [-0.39, 0.29) is 18.0 Å². The molecule has 0 spiro atoms. The number of ether oxygens (including phenoxy) is 1. The predicted octanol–water partition coefficient (Wildman–Crippen LogP) is 1.21. The zero-order valence-corrected chi connectivity index (χ0v) is 11.9. The van der Waals surface area contributed by atoms with Crippen molar-refractivity contribution < 1.29 is 19.4 Å². The van der Waals surface area contributed by atoms with E-state index in [0.29, 0.717) is 12.0 Å². The summed E-state index contributed by atoms with van der Waals surface area (Å²) in [7, 11) is 1.32. The standard InChI is InChI=1S/C16H19NO4/c1-21-16(20)14-12-8-7-11(9-13(14)18)17(12)15(19)10-5-3-2-4-6-10/h2-6,11-14,18H,7-9H2,1H3. The van der Waals surface area contributed by atoms with Crippen molar-refractivity contribution in [2.75, 3.05) is 7.11 Å². The van der Waals surface area contributed by atoms with Crippen LogP contribution < -0.4 is 0 Å². The van der Waals surface area contributed by atoms with Crippen molar-refractivity contribution in [3.05, 3.63) is 35.9 Å². The lowest BCUT2D eigenvalue weighted by molar-refractivity contribution is -0.155. The number of hydrogen-bond donors (Lipinski definition) is 1. The van der Waals surface area contributed by atoms with Gasteiger partial charge >= 0.3 is 5.97 Å². The molecule has 2 heterocycles. The maximum atomic E-state index is 12.7. The van der Waals surface area contributed by atoms with Crippen LogP contribution in [0.2, 0.25) is 0 Å². The fourth-order valence-electron chi connectivity index (χ4n) is 3.67. The second kappa shape index (κ2) is 5.48. The molecular weight excluding hydrogens is 270 g/mol. The van der Waals surface area contributed by atoms with E-state index in [9.17, 15) is 14.7 Å². The van der Waals surface area contributed by atoms with Crippen molar-refractivity contribution in [3.63, 3.8) is 0 Å². The van der Waals surface area contributed by atoms with E-state index in [4.69, 9.17) is 4.74 Å². The molecule has 5 nitrogen and oxygen atoms in total. The zero-order chi connectivity index (χ0) is 15.0. The van der Waals surface area contributed by atoms with Gasteiger partial charge in [0.2, 0.25) is 0 Å². The molecule has 0 radical (unpaired) electrons. The topological polar surface area (TPSA) is 66.8 Å². The van der Waals surface area contributed by atoms with Gasteiger partial charge in [-0.3, -0.25) is 9.59 Å². The van der Waals surface area contributed by atoms with Gasteiger partial charge in [0.1, 0.15) is 5.92 Å². The first-order valence-electron chi connectivity index (χ1n) is 7.27. The van der Waals surface area contributed by atoms with Gasteiger partial charge in [0.15, 0.2) is 0 Å². The summed E-state index contributed by atoms with van der Waals surface area (Å²) in [6.45, 7) is 0. The quantitative estimate of drug-likeness (QED) is 0.831. The lowest BCUT2D eigenvalue weighted by atomic mass is 9.87. The average molecular weight is 289 g/mol. The first-order valence-corrected chi connectivity index (χ1v) is 7.27. The third kappa shape index (κ3) is 2.31. The van der Waals surface area contributed by atoms with E-state index in [2.05, 4.69) is 0 Å². The van der Waals surface area contributed by atoms with Gasteiger partial charge in [0.25, 0.3) is 5.91 Å². The fourth-order valence-corrected chi connectivity index (χ4v) is 3.67. The maximum absolute atomic E-state index is 12.7. The Morgan fingerprint density at radius 2 is 1.95 bits per heavy atom. The van der Waals surface area contributed by atoms with E-state index in [1.807, 2.05) is 18.2 Å². The largest absolute Gasteiger partial charge is 0.469 e. The highest BCUT2D eigenvalue weighted by atomic mass is 16.5. The summed E-state index contributed by atoms with van der Waals surface area (Å²) in [4.78, 5) is 26.4. The molecule has 4 atom stereocenters. The monoisotopic (exact) mass is 289 g/mol. The van der Waals surface area contributed by atoms with Crippen molar-refractivity contribution in [3.8, 4) is 0 Å². The number of aliphatic hydroxyl groups excluding tert-OH is 1. The first-order chi connectivity index (χ1) is 10.1. The Kier molecular flexibility index (Phi) is 3.68. The molecule has 4 unspecified atom stereocenters. The molecule has 2 aliphatic rings. The van der Waals surface area contributed by atoms with Crippen LogP contribution in [0.4, 0.5) is 0 Å². The van der Waals surface area contributed by atoms with Gasteiger partial charge in [-0.2, -0.15) is 0 Å². The molecule has 1 N–H and O–H groups in total. The highest BCUT2D eigenvalue weighted by Crippen LogP contribution is 2.40. The van der Waals surface area contributed by atoms with Gasteiger partial charge in [-0.25, -0.2) is 0 Å². The molecule has 0 aromatic heterocycles. The Labute approximate surface area is 123 Å². The SMILES string of the molecule is COC(=O)C1C(O)CC2CCC1N2C(=O)c1ccccc1. The molecule has 1 amide bonds. The summed E-state index contributed by atoms with van der Waals surface area (Å²) >= 11 is 0. The van der Waals surface area contributed by atoms with Crippen molar-refractivity contribution in [1.29, 1.82) is 0 Å². The van der Waals surface area contributed by atoms with E-state index < -0.39 is 18.0 Å². The number of carbonyl (C=O) groups excluding carboxylic acids is 2. The van der Waals surface area contributed by atoms with Crippen LogP contribution in [-0.4, -0.2) is 47.2 Å². The number of hydrogen-bond acceptors (Lipinski definition) is 4. The third-order valence-electron chi connectivity index (χ3n) is 4.62. The van der Waals surface area contributed by atoms with Crippen LogP contribution in [0.15, 0.2) is 30.3 Å². The first kappa shape index (κ1) is 14.1. The van der Waals surface area contributed by atoms with Crippen LogP contribution in [0.25, 0.3) is 0 Å². The molecule has 2 aliphatic heterocycles. The molecule has 0 saturated carbocycles. The van der Waals surface area contributed by atoms with Gasteiger partial charge in [-0.15, -0.1) is 0 Å². The van der Waals surface area contributed by atoms with Gasteiger partial charge < -0.3 is 14.7 Å². The molecule has 5 heteroatoms. The summed E-state index contributed by atoms with van der Waals surface area (Å²) in [6.07, 6.45) is 1.28. The van der Waals surface area contributed by atoms with Crippen LogP contribution in [-0.2, 0) is 9.53 Å². The number of fused-ring (bicyclic) bond motifs is 2. The van der Waals surface area contributed by atoms with E-state index in [0.717, 1.165) is 12.8 Å². The minimum atomic E-state index is -0.727. The predicted molar refractivity (Wildman–Crippen MR) is 75.6 cm³/mol. The fraction of sp³-hybridized carbons (Fsp3) is 0.500. The molecule has 21 heavy (non-hydrogen) atoms. The summed E-state index contributed by atoms with van der Waals surface area (Å²) in [5, 5.41) is 10.2. The number of aliphatic hydroxyl groups is 1. The Bertz CT molecular complexity index is 544. The molecule has 2 saturated heterocycles. The van der Waals surface area contributed by atoms with Gasteiger partial charge in [-0.1, -0.05) is 18.2 Å². The van der Waals surface area contributed by atoms with Crippen molar-refractivity contribution in [1.82, 2.24) is 4.90 Å². The lowest BCUT2D eigenvalue weighted by Crippen LogP contribution is -2.55. The summed E-state index contributed by atoms with van der Waals surface area (Å²) in [5.74, 6) is -1.14. The van der Waals surface area contributed by atoms with Crippen molar-refractivity contribution in [2.45, 2.75) is 37.5 Å². The maximum Gasteiger partial charge on any atom is 0.313 e. The number of piperidine rings is 1. The second-order valence-corrected chi connectivity index (χ2v) is 5.73. The number of nitrogens with zero attached hydrogens (tertiary/aromatic N) is 1. The number of carbonyl (C=O) groups is 2. The van der Waals surface area contributed by atoms with Crippen LogP contribution >= 0.6 is 0 Å². The lowest BCUT2D eigenvalue weighted by Gasteiger charge is -2.41. The molecule has 2 fully saturated rings. The van der Waals surface area contributed by atoms with Crippen LogP contribution in [0.1, 0.15) is 29.6 Å². The Hall–Kier alpha value is -1.88. The number of esters is 1. The number of benzene rings is 1. The number of methoxy groups -OCH3 is 1. The van der Waals surface area contributed by atoms with Crippen LogP contribution in [0, 0.1) is 5.92 Å². The Balaban J connectivity index is 1.90. The zero-order valence-electron chi connectivity index (χ0n) is 11.9. The summed E-state index contributed by atoms with van der Waals surface area (Å²) in [6, 6.07) is 8.82. The number of rotatable bonds is 2. The van der Waals surface area contributed by atoms with E-state index in [1.54, 1.807) is 17.0 Å². The minimum absolute atomic E-state index is 0.0126. The minimum Gasteiger partial charge on any atom is -0.469 e. The molecule has 112 valence electrons. The third-order valence-corrected chi connectivity index (χ3v) is 4.62. The van der Waals surface area contributed by atoms with Crippen molar-refractivity contribution >= 4 is 11.9 Å². The van der Waals surface area contributed by atoms with Crippen molar-refractivity contribution in [2.24, 2.45) is 5.92 Å². The molecule has 1 aromatic rings. The second-order valence-electron chi connectivity index (χ2n) is 5.73. The van der Waals surface area contributed by atoms with E-state index in [1.165, 1.54) is 7.11 Å². The summed E-state index contributed by atoms with van der Waals surface area (Å²) in [5.41, 5.74) is 0.620. The Morgan fingerprint density at radius 1 is 1.24 bits per heavy atom. The van der Waals surface area contributed by atoms with Gasteiger partial charge in [-0.05, 0) is 31.4 Å². The van der Waals surface area contributed by atoms with E-state index >= 15 is 0 Å². The Morgan fingerprint density at radius 3 is 2.62 bits per heavy atom. The normalized spacial score (nSPS) is 31.0. The average Bonchev–Trinajstić information content (AvgIpc) is 2.82.